The summed E-state index contributed by atoms with van der Waals surface area (Å²) in [5.74, 6) is 1.03. The van der Waals surface area contributed by atoms with E-state index in [2.05, 4.69) is 24.5 Å². The molecular formula is C16H32N2O3. The lowest BCUT2D eigenvalue weighted by Gasteiger charge is -2.36. The van der Waals surface area contributed by atoms with Gasteiger partial charge in [-0.05, 0) is 50.6 Å². The molecule has 3 N–H and O–H groups in total. The molecule has 1 rings (SSSR count). The number of aliphatic hydroxyl groups is 1. The lowest BCUT2D eigenvalue weighted by Crippen LogP contribution is -2.51. The Hall–Kier alpha value is -0.650. The SMILES string of the molecule is COCC1(C(=O)NCC(CCO)CC(C)C)CCNCC1. The van der Waals surface area contributed by atoms with E-state index in [0.717, 1.165) is 38.8 Å². The molecule has 0 aliphatic carbocycles. The lowest BCUT2D eigenvalue weighted by molar-refractivity contribution is -0.136. The van der Waals surface area contributed by atoms with E-state index in [1.807, 2.05) is 0 Å². The van der Waals surface area contributed by atoms with Gasteiger partial charge in [-0.2, -0.15) is 0 Å². The van der Waals surface area contributed by atoms with Crippen LogP contribution in [0.2, 0.25) is 0 Å². The van der Waals surface area contributed by atoms with Crippen LogP contribution >= 0.6 is 0 Å². The van der Waals surface area contributed by atoms with Crippen LogP contribution in [0.5, 0.6) is 0 Å². The monoisotopic (exact) mass is 300 g/mol. The van der Waals surface area contributed by atoms with Crippen molar-refractivity contribution in [3.05, 3.63) is 0 Å². The number of methoxy groups -OCH3 is 1. The number of hydrogen-bond donors (Lipinski definition) is 3. The van der Waals surface area contributed by atoms with E-state index < -0.39 is 0 Å². The molecular weight excluding hydrogens is 268 g/mol. The quantitative estimate of drug-likeness (QED) is 0.598. The van der Waals surface area contributed by atoms with Crippen LogP contribution in [0.1, 0.15) is 39.5 Å². The van der Waals surface area contributed by atoms with E-state index >= 15 is 0 Å². The molecule has 0 aromatic carbocycles. The van der Waals surface area contributed by atoms with Gasteiger partial charge < -0.3 is 20.5 Å². The van der Waals surface area contributed by atoms with Gasteiger partial charge in [0.05, 0.1) is 12.0 Å². The Morgan fingerprint density at radius 1 is 1.38 bits per heavy atom. The third-order valence-corrected chi connectivity index (χ3v) is 4.36. The summed E-state index contributed by atoms with van der Waals surface area (Å²) in [6, 6.07) is 0. The van der Waals surface area contributed by atoms with Crippen molar-refractivity contribution in [2.45, 2.75) is 39.5 Å². The van der Waals surface area contributed by atoms with Crippen LogP contribution < -0.4 is 10.6 Å². The molecule has 1 unspecified atom stereocenters. The number of amides is 1. The minimum atomic E-state index is -0.387. The van der Waals surface area contributed by atoms with Crippen molar-refractivity contribution < 1.29 is 14.6 Å². The molecule has 1 atom stereocenters. The predicted octanol–water partition coefficient (Wildman–Crippen LogP) is 1.16. The van der Waals surface area contributed by atoms with Crippen molar-refractivity contribution in [2.75, 3.05) is 40.0 Å². The minimum Gasteiger partial charge on any atom is -0.396 e. The summed E-state index contributed by atoms with van der Waals surface area (Å²) < 4.78 is 5.30. The van der Waals surface area contributed by atoms with E-state index in [4.69, 9.17) is 9.84 Å². The molecule has 1 fully saturated rings. The van der Waals surface area contributed by atoms with E-state index in [9.17, 15) is 4.79 Å². The summed E-state index contributed by atoms with van der Waals surface area (Å²) in [5, 5.41) is 15.6. The Morgan fingerprint density at radius 3 is 2.57 bits per heavy atom. The Morgan fingerprint density at radius 2 is 2.05 bits per heavy atom. The first-order valence-corrected chi connectivity index (χ1v) is 8.13. The summed E-state index contributed by atoms with van der Waals surface area (Å²) in [7, 11) is 1.66. The van der Waals surface area contributed by atoms with Crippen molar-refractivity contribution in [3.8, 4) is 0 Å². The maximum atomic E-state index is 12.6. The van der Waals surface area contributed by atoms with Gasteiger partial charge in [0.1, 0.15) is 0 Å². The fourth-order valence-electron chi connectivity index (χ4n) is 3.20. The summed E-state index contributed by atoms with van der Waals surface area (Å²) >= 11 is 0. The van der Waals surface area contributed by atoms with Crippen LogP contribution in [0.15, 0.2) is 0 Å². The number of carbonyl (C=O) groups is 1. The van der Waals surface area contributed by atoms with Crippen molar-refractivity contribution in [3.63, 3.8) is 0 Å². The van der Waals surface area contributed by atoms with Crippen LogP contribution in [-0.2, 0) is 9.53 Å². The zero-order valence-corrected chi connectivity index (χ0v) is 13.8. The second-order valence-electron chi connectivity index (χ2n) is 6.68. The van der Waals surface area contributed by atoms with Crippen molar-refractivity contribution in [1.82, 2.24) is 10.6 Å². The average molecular weight is 300 g/mol. The van der Waals surface area contributed by atoms with E-state index in [1.165, 1.54) is 0 Å². The molecule has 0 bridgehead atoms. The second-order valence-corrected chi connectivity index (χ2v) is 6.68. The van der Waals surface area contributed by atoms with Gasteiger partial charge in [0.2, 0.25) is 5.91 Å². The maximum Gasteiger partial charge on any atom is 0.228 e. The predicted molar refractivity (Wildman–Crippen MR) is 84.1 cm³/mol. The zero-order valence-electron chi connectivity index (χ0n) is 13.8. The summed E-state index contributed by atoms with van der Waals surface area (Å²) in [6.45, 7) is 7.38. The summed E-state index contributed by atoms with van der Waals surface area (Å²) in [4.78, 5) is 12.6. The van der Waals surface area contributed by atoms with Gasteiger partial charge in [0, 0.05) is 20.3 Å². The summed E-state index contributed by atoms with van der Waals surface area (Å²) in [6.07, 6.45) is 3.42. The Balaban J connectivity index is 2.55. The van der Waals surface area contributed by atoms with Gasteiger partial charge in [0.25, 0.3) is 0 Å². The highest BCUT2D eigenvalue weighted by molar-refractivity contribution is 5.83. The third kappa shape index (κ3) is 5.93. The van der Waals surface area contributed by atoms with Gasteiger partial charge >= 0.3 is 0 Å². The summed E-state index contributed by atoms with van der Waals surface area (Å²) in [5.41, 5.74) is -0.387. The molecule has 1 aliphatic heterocycles. The molecule has 0 radical (unpaired) electrons. The smallest absolute Gasteiger partial charge is 0.228 e. The zero-order chi connectivity index (χ0) is 15.7. The molecule has 1 saturated heterocycles. The normalized spacial score (nSPS) is 19.5. The Kier molecular flexibility index (Phi) is 8.22. The van der Waals surface area contributed by atoms with Crippen LogP contribution in [-0.4, -0.2) is 51.0 Å². The van der Waals surface area contributed by atoms with Crippen LogP contribution in [0.3, 0.4) is 0 Å². The molecule has 0 saturated carbocycles. The second kappa shape index (κ2) is 9.38. The van der Waals surface area contributed by atoms with Gasteiger partial charge in [-0.25, -0.2) is 0 Å². The lowest BCUT2D eigenvalue weighted by atomic mass is 9.78. The highest BCUT2D eigenvalue weighted by Crippen LogP contribution is 2.29. The largest absolute Gasteiger partial charge is 0.396 e. The fourth-order valence-corrected chi connectivity index (χ4v) is 3.20. The average Bonchev–Trinajstić information content (AvgIpc) is 2.45. The number of hydrogen-bond acceptors (Lipinski definition) is 4. The molecule has 124 valence electrons. The molecule has 0 aromatic rings. The van der Waals surface area contributed by atoms with Crippen molar-refractivity contribution in [1.29, 1.82) is 0 Å². The Bertz CT molecular complexity index is 296. The number of piperidine rings is 1. The van der Waals surface area contributed by atoms with Gasteiger partial charge in [-0.15, -0.1) is 0 Å². The molecule has 1 heterocycles. The van der Waals surface area contributed by atoms with Crippen LogP contribution in [0, 0.1) is 17.3 Å². The molecule has 1 amide bonds. The van der Waals surface area contributed by atoms with Gasteiger partial charge in [-0.1, -0.05) is 13.8 Å². The van der Waals surface area contributed by atoms with Crippen LogP contribution in [0.4, 0.5) is 0 Å². The number of ether oxygens (including phenoxy) is 1. The molecule has 1 aliphatic rings. The van der Waals surface area contributed by atoms with Gasteiger partial charge in [0.15, 0.2) is 0 Å². The number of nitrogens with one attached hydrogen (secondary N) is 2. The molecule has 21 heavy (non-hydrogen) atoms. The minimum absolute atomic E-state index is 0.109. The van der Waals surface area contributed by atoms with E-state index in [1.54, 1.807) is 7.11 Å². The first-order valence-electron chi connectivity index (χ1n) is 8.13. The Labute approximate surface area is 128 Å². The fraction of sp³-hybridized carbons (Fsp3) is 0.938. The highest BCUT2D eigenvalue weighted by Gasteiger charge is 2.39. The standard InChI is InChI=1S/C16H32N2O3/c1-13(2)10-14(4-9-19)11-18-15(20)16(12-21-3)5-7-17-8-6-16/h13-14,17,19H,4-12H2,1-3H3,(H,18,20). The number of rotatable bonds is 9. The first kappa shape index (κ1) is 18.4. The van der Waals surface area contributed by atoms with E-state index in [-0.39, 0.29) is 17.9 Å². The highest BCUT2D eigenvalue weighted by atomic mass is 16.5. The van der Waals surface area contributed by atoms with Crippen molar-refractivity contribution in [2.24, 2.45) is 17.3 Å². The van der Waals surface area contributed by atoms with Gasteiger partial charge in [-0.3, -0.25) is 4.79 Å². The molecule has 0 spiro atoms. The number of aliphatic hydroxyl groups excluding tert-OH is 1. The molecule has 5 nitrogen and oxygen atoms in total. The molecule has 0 aromatic heterocycles. The first-order chi connectivity index (χ1) is 10.0. The van der Waals surface area contributed by atoms with Crippen LogP contribution in [0.25, 0.3) is 0 Å². The van der Waals surface area contributed by atoms with Crippen molar-refractivity contribution >= 4 is 5.91 Å². The third-order valence-electron chi connectivity index (χ3n) is 4.36. The topological polar surface area (TPSA) is 70.6 Å². The maximum absolute atomic E-state index is 12.6. The number of carbonyl (C=O) groups excluding carboxylic acids is 1. The van der Waals surface area contributed by atoms with E-state index in [0.29, 0.717) is 25.0 Å². The molecule has 5 heteroatoms.